The van der Waals surface area contributed by atoms with Crippen molar-refractivity contribution in [1.82, 2.24) is 9.88 Å². The molecule has 1 aromatic carbocycles. The van der Waals surface area contributed by atoms with Crippen LogP contribution in [0.2, 0.25) is 0 Å². The molecule has 116 valence electrons. The van der Waals surface area contributed by atoms with Gasteiger partial charge in [0.25, 0.3) is 5.69 Å². The normalized spacial score (nSPS) is 22.3. The van der Waals surface area contributed by atoms with Gasteiger partial charge in [-0.1, -0.05) is 12.1 Å². The Morgan fingerprint density at radius 3 is 3.09 bits per heavy atom. The third kappa shape index (κ3) is 1.91. The second-order valence-corrected chi connectivity index (χ2v) is 6.59. The fourth-order valence-corrected chi connectivity index (χ4v) is 4.68. The van der Waals surface area contributed by atoms with Gasteiger partial charge in [-0.3, -0.25) is 15.1 Å². The van der Waals surface area contributed by atoms with Gasteiger partial charge in [0.05, 0.1) is 10.6 Å². The predicted molar refractivity (Wildman–Crippen MR) is 86.3 cm³/mol. The van der Waals surface area contributed by atoms with Crippen molar-refractivity contribution in [2.24, 2.45) is 0 Å². The minimum atomic E-state index is -0.766. The summed E-state index contributed by atoms with van der Waals surface area (Å²) in [6.45, 7) is 0.577. The lowest BCUT2D eigenvalue weighted by Crippen LogP contribution is -2.50. The number of nitro groups is 1. The molecule has 1 fully saturated rings. The molecule has 23 heavy (non-hydrogen) atoms. The van der Waals surface area contributed by atoms with Gasteiger partial charge in [-0.2, -0.15) is 0 Å². The number of carbonyl (C=O) groups is 1. The van der Waals surface area contributed by atoms with E-state index in [2.05, 4.69) is 10.3 Å². The summed E-state index contributed by atoms with van der Waals surface area (Å²) in [4.78, 5) is 28.3. The number of hydrogen-bond donors (Lipinski definition) is 1. The molecule has 2 aliphatic heterocycles. The summed E-state index contributed by atoms with van der Waals surface area (Å²) in [7, 11) is 0. The molecule has 1 N–H and O–H groups in total. The molecule has 1 saturated heterocycles. The number of pyridine rings is 1. The van der Waals surface area contributed by atoms with Crippen molar-refractivity contribution >= 4 is 29.2 Å². The Bertz CT molecular complexity index is 828. The standard InChI is InChI=1S/C15H12N4O3S/c20-14-17-13-4-5-16-9-12(13)15(18(14)6-7-23-15)10-2-1-3-11(8-10)19(21)22/h1-5,8-9H,6-7H2,(H,17,20). The summed E-state index contributed by atoms with van der Waals surface area (Å²) in [5, 5.41) is 14.0. The highest BCUT2D eigenvalue weighted by Crippen LogP contribution is 2.54. The van der Waals surface area contributed by atoms with Gasteiger partial charge in [-0.05, 0) is 11.6 Å². The Balaban J connectivity index is 1.98. The monoisotopic (exact) mass is 328 g/mol. The van der Waals surface area contributed by atoms with Crippen LogP contribution in [0.3, 0.4) is 0 Å². The third-order valence-corrected chi connectivity index (χ3v) is 5.61. The van der Waals surface area contributed by atoms with Gasteiger partial charge in [0, 0.05) is 42.4 Å². The van der Waals surface area contributed by atoms with Crippen LogP contribution in [0.5, 0.6) is 0 Å². The molecule has 3 heterocycles. The number of rotatable bonds is 2. The number of fused-ring (bicyclic) bond motifs is 3. The molecule has 1 atom stereocenters. The molecule has 0 bridgehead atoms. The molecule has 1 unspecified atom stereocenters. The molecular weight excluding hydrogens is 316 g/mol. The van der Waals surface area contributed by atoms with E-state index in [1.54, 1.807) is 47.3 Å². The van der Waals surface area contributed by atoms with E-state index in [0.717, 1.165) is 16.9 Å². The fraction of sp³-hybridized carbons (Fsp3) is 0.200. The van der Waals surface area contributed by atoms with Crippen LogP contribution < -0.4 is 5.32 Å². The first-order valence-electron chi connectivity index (χ1n) is 7.05. The maximum absolute atomic E-state index is 12.5. The summed E-state index contributed by atoms with van der Waals surface area (Å²) in [5.74, 6) is 0.754. The predicted octanol–water partition coefficient (Wildman–Crippen LogP) is 2.79. The Labute approximate surface area is 135 Å². The number of non-ortho nitro benzene ring substituents is 1. The maximum atomic E-state index is 12.5. The summed E-state index contributed by atoms with van der Waals surface area (Å²) in [6.07, 6.45) is 3.34. The maximum Gasteiger partial charge on any atom is 0.323 e. The summed E-state index contributed by atoms with van der Waals surface area (Å²) in [6, 6.07) is 8.04. The zero-order chi connectivity index (χ0) is 16.0. The second-order valence-electron chi connectivity index (χ2n) is 5.30. The van der Waals surface area contributed by atoms with E-state index >= 15 is 0 Å². The lowest BCUT2D eigenvalue weighted by atomic mass is 9.94. The number of thioether (sulfide) groups is 1. The van der Waals surface area contributed by atoms with Crippen LogP contribution in [0.25, 0.3) is 0 Å². The zero-order valence-electron chi connectivity index (χ0n) is 11.9. The molecule has 0 spiro atoms. The van der Waals surface area contributed by atoms with Crippen LogP contribution in [0.4, 0.5) is 16.2 Å². The molecule has 2 aliphatic rings. The van der Waals surface area contributed by atoms with Crippen LogP contribution in [0, 0.1) is 10.1 Å². The summed E-state index contributed by atoms with van der Waals surface area (Å²) in [5.41, 5.74) is 2.28. The van der Waals surface area contributed by atoms with E-state index < -0.39 is 9.79 Å². The van der Waals surface area contributed by atoms with Crippen molar-refractivity contribution < 1.29 is 9.72 Å². The number of nitrogens with one attached hydrogen (secondary N) is 1. The van der Waals surface area contributed by atoms with Gasteiger partial charge >= 0.3 is 6.03 Å². The first-order valence-corrected chi connectivity index (χ1v) is 8.03. The molecule has 0 saturated carbocycles. The Kier molecular flexibility index (Phi) is 3.02. The van der Waals surface area contributed by atoms with E-state index in [4.69, 9.17) is 0 Å². The lowest BCUT2D eigenvalue weighted by molar-refractivity contribution is -0.385. The van der Waals surface area contributed by atoms with Crippen LogP contribution in [-0.2, 0) is 4.87 Å². The van der Waals surface area contributed by atoms with Gasteiger partial charge in [0.15, 0.2) is 0 Å². The number of nitrogens with zero attached hydrogens (tertiary/aromatic N) is 3. The Hall–Kier alpha value is -2.61. The van der Waals surface area contributed by atoms with Crippen molar-refractivity contribution in [2.75, 3.05) is 17.6 Å². The number of nitro benzene ring substituents is 1. The SMILES string of the molecule is O=C1Nc2ccncc2C2(c3cccc([N+](=O)[O-])c3)SCCN12. The molecule has 2 amide bonds. The largest absolute Gasteiger partial charge is 0.323 e. The van der Waals surface area contributed by atoms with Crippen molar-refractivity contribution in [2.45, 2.75) is 4.87 Å². The number of urea groups is 1. The molecule has 2 aromatic rings. The van der Waals surface area contributed by atoms with E-state index in [9.17, 15) is 14.9 Å². The van der Waals surface area contributed by atoms with Crippen molar-refractivity contribution in [3.63, 3.8) is 0 Å². The van der Waals surface area contributed by atoms with Gasteiger partial charge in [-0.25, -0.2) is 4.79 Å². The van der Waals surface area contributed by atoms with E-state index in [1.165, 1.54) is 6.07 Å². The first kappa shape index (κ1) is 14.0. The fourth-order valence-electron chi connectivity index (χ4n) is 3.17. The van der Waals surface area contributed by atoms with E-state index in [0.29, 0.717) is 12.2 Å². The van der Waals surface area contributed by atoms with Crippen molar-refractivity contribution in [1.29, 1.82) is 0 Å². The average Bonchev–Trinajstić information content (AvgIpc) is 3.02. The van der Waals surface area contributed by atoms with Crippen LogP contribution in [0.1, 0.15) is 11.1 Å². The minimum Gasteiger partial charge on any atom is -0.307 e. The number of carbonyl (C=O) groups excluding carboxylic acids is 1. The number of benzene rings is 1. The number of amides is 2. The molecule has 1 aromatic heterocycles. The van der Waals surface area contributed by atoms with Gasteiger partial charge in [0.1, 0.15) is 4.87 Å². The number of hydrogen-bond acceptors (Lipinski definition) is 5. The molecular formula is C15H12N4O3S. The quantitative estimate of drug-likeness (QED) is 0.676. The molecule has 8 heteroatoms. The summed E-state index contributed by atoms with van der Waals surface area (Å²) < 4.78 is 0. The van der Waals surface area contributed by atoms with Gasteiger partial charge in [-0.15, -0.1) is 11.8 Å². The van der Waals surface area contributed by atoms with Gasteiger partial charge in [0.2, 0.25) is 0 Å². The van der Waals surface area contributed by atoms with E-state index in [1.807, 2.05) is 6.07 Å². The third-order valence-electron chi connectivity index (χ3n) is 4.13. The highest BCUT2D eigenvalue weighted by molar-refractivity contribution is 8.00. The zero-order valence-corrected chi connectivity index (χ0v) is 12.7. The molecule has 4 rings (SSSR count). The minimum absolute atomic E-state index is 0.0146. The van der Waals surface area contributed by atoms with Crippen LogP contribution >= 0.6 is 11.8 Å². The number of aromatic nitrogens is 1. The average molecular weight is 328 g/mol. The molecule has 0 radical (unpaired) electrons. The van der Waals surface area contributed by atoms with Crippen LogP contribution in [-0.4, -0.2) is 33.1 Å². The van der Waals surface area contributed by atoms with Gasteiger partial charge < -0.3 is 10.2 Å². The van der Waals surface area contributed by atoms with Crippen molar-refractivity contribution in [3.8, 4) is 0 Å². The molecule has 7 nitrogen and oxygen atoms in total. The highest BCUT2D eigenvalue weighted by Gasteiger charge is 2.52. The van der Waals surface area contributed by atoms with Crippen molar-refractivity contribution in [3.05, 3.63) is 64.0 Å². The first-order chi connectivity index (χ1) is 11.1. The van der Waals surface area contributed by atoms with E-state index in [-0.39, 0.29) is 11.7 Å². The Morgan fingerprint density at radius 2 is 2.26 bits per heavy atom. The van der Waals surface area contributed by atoms with Crippen LogP contribution in [0.15, 0.2) is 42.7 Å². The number of anilines is 1. The summed E-state index contributed by atoms with van der Waals surface area (Å²) >= 11 is 1.60. The Morgan fingerprint density at radius 1 is 1.39 bits per heavy atom. The topological polar surface area (TPSA) is 88.4 Å². The second kappa shape index (κ2) is 4.95. The lowest BCUT2D eigenvalue weighted by Gasteiger charge is -2.42. The highest BCUT2D eigenvalue weighted by atomic mass is 32.2. The molecule has 0 aliphatic carbocycles. The smallest absolute Gasteiger partial charge is 0.307 e.